The lowest BCUT2D eigenvalue weighted by atomic mass is 10.3. The minimum absolute atomic E-state index is 0.130. The van der Waals surface area contributed by atoms with Crippen LogP contribution in [0.1, 0.15) is 11.4 Å². The molecule has 3 heterocycles. The molecule has 17 heavy (non-hydrogen) atoms. The molecule has 86 valence electrons. The highest BCUT2D eigenvalue weighted by atomic mass is 32.1. The summed E-state index contributed by atoms with van der Waals surface area (Å²) in [5.41, 5.74) is 0.764. The third-order valence-electron chi connectivity index (χ3n) is 2.31. The highest BCUT2D eigenvalue weighted by molar-refractivity contribution is 7.15. The molecule has 0 saturated carbocycles. The summed E-state index contributed by atoms with van der Waals surface area (Å²) in [7, 11) is 1.83. The van der Waals surface area contributed by atoms with Gasteiger partial charge in [-0.2, -0.15) is 9.61 Å². The molecular weight excluding hydrogens is 238 g/mol. The number of aromatic nitrogens is 5. The molecule has 0 radical (unpaired) electrons. The highest BCUT2D eigenvalue weighted by Crippen LogP contribution is 2.02. The van der Waals surface area contributed by atoms with Crippen molar-refractivity contribution >= 4 is 22.4 Å². The minimum atomic E-state index is -0.130. The maximum atomic E-state index is 12.0. The average molecular weight is 247 g/mol. The van der Waals surface area contributed by atoms with Gasteiger partial charge in [0.15, 0.2) is 0 Å². The summed E-state index contributed by atoms with van der Waals surface area (Å²) in [6.45, 7) is 1.77. The summed E-state index contributed by atoms with van der Waals surface area (Å²) in [6.07, 6.45) is 5.35. The maximum absolute atomic E-state index is 12.0. The van der Waals surface area contributed by atoms with Crippen LogP contribution in [0.5, 0.6) is 0 Å². The second-order valence-electron chi connectivity index (χ2n) is 3.72. The monoisotopic (exact) mass is 247 g/mol. The third-order valence-corrected chi connectivity index (χ3v) is 3.27. The molecule has 0 spiro atoms. The number of rotatable bonds is 1. The van der Waals surface area contributed by atoms with Gasteiger partial charge in [-0.1, -0.05) is 11.3 Å². The van der Waals surface area contributed by atoms with Crippen LogP contribution in [0.3, 0.4) is 0 Å². The molecule has 0 aliphatic carbocycles. The summed E-state index contributed by atoms with van der Waals surface area (Å²) in [5, 5.41) is 8.09. The number of hydrogen-bond donors (Lipinski definition) is 0. The van der Waals surface area contributed by atoms with Crippen LogP contribution >= 0.6 is 11.3 Å². The van der Waals surface area contributed by atoms with E-state index < -0.39 is 0 Å². The van der Waals surface area contributed by atoms with Crippen LogP contribution in [-0.2, 0) is 7.05 Å². The topological polar surface area (TPSA) is 65.1 Å². The van der Waals surface area contributed by atoms with E-state index in [1.54, 1.807) is 23.9 Å². The fourth-order valence-electron chi connectivity index (χ4n) is 1.60. The molecule has 3 aromatic heterocycles. The van der Waals surface area contributed by atoms with E-state index in [1.807, 2.05) is 13.2 Å². The first-order valence-corrected chi connectivity index (χ1v) is 5.82. The van der Waals surface area contributed by atoms with Crippen molar-refractivity contribution in [3.05, 3.63) is 38.7 Å². The molecule has 0 atom stereocenters. The Morgan fingerprint density at radius 1 is 1.47 bits per heavy atom. The summed E-state index contributed by atoms with van der Waals surface area (Å²) >= 11 is 1.33. The van der Waals surface area contributed by atoms with Gasteiger partial charge in [0.2, 0.25) is 4.96 Å². The zero-order valence-corrected chi connectivity index (χ0v) is 10.1. The Morgan fingerprint density at radius 2 is 2.29 bits per heavy atom. The molecular formula is C10H9N5OS. The molecule has 0 saturated heterocycles. The SMILES string of the molecule is Cc1nc2sc(=Cc3cnn(C)c3)c(=O)n2n1. The first-order chi connectivity index (χ1) is 8.13. The standard InChI is InChI=1S/C10H9N5OS/c1-6-12-10-15(13-6)9(16)8(17-10)3-7-4-11-14(2)5-7/h3-5H,1-2H3. The molecule has 6 nitrogen and oxygen atoms in total. The number of thiazole rings is 1. The van der Waals surface area contributed by atoms with Gasteiger partial charge in [0.1, 0.15) is 5.82 Å². The van der Waals surface area contributed by atoms with Crippen molar-refractivity contribution in [2.24, 2.45) is 7.05 Å². The van der Waals surface area contributed by atoms with Crippen molar-refractivity contribution in [1.82, 2.24) is 24.4 Å². The molecule has 0 aliphatic rings. The van der Waals surface area contributed by atoms with Crippen LogP contribution in [0, 0.1) is 6.92 Å². The van der Waals surface area contributed by atoms with Gasteiger partial charge in [0.05, 0.1) is 10.7 Å². The summed E-state index contributed by atoms with van der Waals surface area (Å²) in [6, 6.07) is 0. The van der Waals surface area contributed by atoms with E-state index >= 15 is 0 Å². The lowest BCUT2D eigenvalue weighted by Crippen LogP contribution is -2.23. The van der Waals surface area contributed by atoms with Crippen LogP contribution in [-0.4, -0.2) is 24.4 Å². The lowest BCUT2D eigenvalue weighted by molar-refractivity contribution is 0.767. The lowest BCUT2D eigenvalue weighted by Gasteiger charge is -1.81. The van der Waals surface area contributed by atoms with E-state index in [9.17, 15) is 4.79 Å². The predicted molar refractivity (Wildman–Crippen MR) is 63.9 cm³/mol. The van der Waals surface area contributed by atoms with Crippen LogP contribution in [0.2, 0.25) is 0 Å². The molecule has 0 fully saturated rings. The van der Waals surface area contributed by atoms with Crippen molar-refractivity contribution in [3.8, 4) is 0 Å². The summed E-state index contributed by atoms with van der Waals surface area (Å²) in [4.78, 5) is 16.8. The Hall–Kier alpha value is -2.02. The quantitative estimate of drug-likeness (QED) is 0.594. The molecule has 3 rings (SSSR count). The second-order valence-corrected chi connectivity index (χ2v) is 4.73. The van der Waals surface area contributed by atoms with Crippen molar-refractivity contribution in [1.29, 1.82) is 0 Å². The average Bonchev–Trinajstić information content (AvgIpc) is 2.89. The Balaban J connectivity index is 2.24. The number of fused-ring (bicyclic) bond motifs is 1. The number of hydrogen-bond acceptors (Lipinski definition) is 5. The number of aryl methyl sites for hydroxylation is 2. The van der Waals surface area contributed by atoms with Crippen LogP contribution < -0.4 is 10.1 Å². The van der Waals surface area contributed by atoms with Gasteiger partial charge >= 0.3 is 0 Å². The van der Waals surface area contributed by atoms with Gasteiger partial charge in [0.25, 0.3) is 5.56 Å². The van der Waals surface area contributed by atoms with Crippen molar-refractivity contribution in [3.63, 3.8) is 0 Å². The van der Waals surface area contributed by atoms with E-state index in [-0.39, 0.29) is 5.56 Å². The Morgan fingerprint density at radius 3 is 2.94 bits per heavy atom. The Bertz CT molecular complexity index is 796. The van der Waals surface area contributed by atoms with Crippen molar-refractivity contribution in [2.75, 3.05) is 0 Å². The third kappa shape index (κ3) is 1.64. The molecule has 0 N–H and O–H groups in total. The summed E-state index contributed by atoms with van der Waals surface area (Å²) in [5.74, 6) is 0.612. The van der Waals surface area contributed by atoms with Crippen molar-refractivity contribution < 1.29 is 0 Å². The van der Waals surface area contributed by atoms with Crippen LogP contribution in [0.4, 0.5) is 0 Å². The smallest absolute Gasteiger partial charge is 0.275 e. The van der Waals surface area contributed by atoms with E-state index in [0.717, 1.165) is 5.56 Å². The first kappa shape index (κ1) is 10.2. The first-order valence-electron chi connectivity index (χ1n) is 5.00. The molecule has 0 bridgehead atoms. The Kier molecular flexibility index (Phi) is 2.08. The molecule has 0 aromatic carbocycles. The normalized spacial score (nSPS) is 12.7. The minimum Gasteiger partial charge on any atom is -0.275 e. The largest absolute Gasteiger partial charge is 0.291 e. The zero-order valence-electron chi connectivity index (χ0n) is 9.28. The van der Waals surface area contributed by atoms with Gasteiger partial charge in [-0.25, -0.2) is 4.98 Å². The predicted octanol–water partition coefficient (Wildman–Crippen LogP) is -0.259. The van der Waals surface area contributed by atoms with E-state index in [0.29, 0.717) is 15.3 Å². The van der Waals surface area contributed by atoms with E-state index in [1.165, 1.54) is 15.9 Å². The molecule has 0 amide bonds. The van der Waals surface area contributed by atoms with Crippen LogP contribution in [0.15, 0.2) is 17.2 Å². The Labute approximate surface area is 99.8 Å². The fourth-order valence-corrected chi connectivity index (χ4v) is 2.55. The van der Waals surface area contributed by atoms with E-state index in [2.05, 4.69) is 15.2 Å². The molecule has 0 aliphatic heterocycles. The van der Waals surface area contributed by atoms with Gasteiger partial charge in [-0.15, -0.1) is 5.10 Å². The van der Waals surface area contributed by atoms with E-state index in [4.69, 9.17) is 0 Å². The second kappa shape index (κ2) is 3.49. The van der Waals surface area contributed by atoms with Crippen LogP contribution in [0.25, 0.3) is 11.0 Å². The zero-order chi connectivity index (χ0) is 12.0. The molecule has 3 aromatic rings. The van der Waals surface area contributed by atoms with Gasteiger partial charge in [-0.3, -0.25) is 9.48 Å². The maximum Gasteiger partial charge on any atom is 0.291 e. The number of nitrogens with zero attached hydrogens (tertiary/aromatic N) is 5. The fraction of sp³-hybridized carbons (Fsp3) is 0.200. The highest BCUT2D eigenvalue weighted by Gasteiger charge is 2.07. The molecule has 7 heteroatoms. The molecule has 0 unspecified atom stereocenters. The summed E-state index contributed by atoms with van der Waals surface area (Å²) < 4.78 is 3.65. The van der Waals surface area contributed by atoms with Gasteiger partial charge in [-0.05, 0) is 13.0 Å². The van der Waals surface area contributed by atoms with Crippen molar-refractivity contribution in [2.45, 2.75) is 6.92 Å². The van der Waals surface area contributed by atoms with Gasteiger partial charge in [0, 0.05) is 18.8 Å². The van der Waals surface area contributed by atoms with Gasteiger partial charge < -0.3 is 0 Å².